The fraction of sp³-hybridized carbons (Fsp3) is 0.269. The second kappa shape index (κ2) is 8.87. The summed E-state index contributed by atoms with van der Waals surface area (Å²) >= 11 is 1.26. The number of carbonyl (C=O) groups excluding carboxylic acids is 1. The number of hydrogen-bond acceptors (Lipinski definition) is 9. The Balaban J connectivity index is 1.51. The SMILES string of the molecule is CCOC(=O)C1=C(C)N=c2sc(=Cc3ccc4c(c3)OCCO4)c(=O)n2[C@@H]1c1ccc2c(c1)OCO2. The molecule has 0 saturated heterocycles. The summed E-state index contributed by atoms with van der Waals surface area (Å²) in [7, 11) is 0. The number of carbonyl (C=O) groups is 1. The first-order valence-corrected chi connectivity index (χ1v) is 12.3. The van der Waals surface area contributed by atoms with E-state index in [9.17, 15) is 9.59 Å². The maximum atomic E-state index is 13.8. The zero-order chi connectivity index (χ0) is 24.8. The monoisotopic (exact) mass is 506 g/mol. The Morgan fingerprint density at radius 2 is 1.81 bits per heavy atom. The van der Waals surface area contributed by atoms with Crippen LogP contribution >= 0.6 is 11.3 Å². The van der Waals surface area contributed by atoms with Gasteiger partial charge in [-0.3, -0.25) is 9.36 Å². The average Bonchev–Trinajstić information content (AvgIpc) is 3.47. The number of hydrogen-bond donors (Lipinski definition) is 0. The first kappa shape index (κ1) is 22.4. The van der Waals surface area contributed by atoms with Crippen LogP contribution in [0.15, 0.2) is 57.5 Å². The largest absolute Gasteiger partial charge is 0.486 e. The lowest BCUT2D eigenvalue weighted by Gasteiger charge is -2.24. The number of thiazole rings is 1. The minimum Gasteiger partial charge on any atom is -0.486 e. The molecule has 0 unspecified atom stereocenters. The van der Waals surface area contributed by atoms with Crippen LogP contribution in [0.25, 0.3) is 6.08 Å². The van der Waals surface area contributed by atoms with E-state index < -0.39 is 12.0 Å². The molecule has 2 aromatic carbocycles. The van der Waals surface area contributed by atoms with E-state index in [1.807, 2.05) is 24.3 Å². The summed E-state index contributed by atoms with van der Waals surface area (Å²) in [5, 5.41) is 0. The van der Waals surface area contributed by atoms with Crippen molar-refractivity contribution in [2.24, 2.45) is 4.99 Å². The summed E-state index contributed by atoms with van der Waals surface area (Å²) < 4.78 is 29.6. The molecule has 0 radical (unpaired) electrons. The van der Waals surface area contributed by atoms with Gasteiger partial charge in [-0.1, -0.05) is 23.5 Å². The predicted molar refractivity (Wildman–Crippen MR) is 130 cm³/mol. The van der Waals surface area contributed by atoms with Gasteiger partial charge in [0.1, 0.15) is 13.2 Å². The van der Waals surface area contributed by atoms with Crippen LogP contribution < -0.4 is 33.8 Å². The predicted octanol–water partition coefficient (Wildman–Crippen LogP) is 2.30. The molecule has 3 aliphatic heterocycles. The minimum absolute atomic E-state index is 0.122. The van der Waals surface area contributed by atoms with E-state index >= 15 is 0 Å². The summed E-state index contributed by atoms with van der Waals surface area (Å²) in [4.78, 5) is 31.9. The Morgan fingerprint density at radius 3 is 2.64 bits per heavy atom. The number of nitrogens with zero attached hydrogens (tertiary/aromatic N) is 2. The number of benzene rings is 2. The molecule has 1 atom stereocenters. The topological polar surface area (TPSA) is 97.6 Å². The minimum atomic E-state index is -0.725. The van der Waals surface area contributed by atoms with E-state index in [2.05, 4.69) is 4.99 Å². The van der Waals surface area contributed by atoms with Crippen molar-refractivity contribution >= 4 is 23.4 Å². The number of rotatable bonds is 4. The molecule has 36 heavy (non-hydrogen) atoms. The molecule has 0 bridgehead atoms. The molecule has 0 N–H and O–H groups in total. The van der Waals surface area contributed by atoms with E-state index in [1.54, 1.807) is 36.6 Å². The van der Waals surface area contributed by atoms with Crippen LogP contribution in [-0.4, -0.2) is 37.1 Å². The molecule has 10 heteroatoms. The molecule has 0 saturated carbocycles. The second-order valence-electron chi connectivity index (χ2n) is 8.32. The molecule has 6 rings (SSSR count). The van der Waals surface area contributed by atoms with E-state index in [0.29, 0.717) is 62.4 Å². The lowest BCUT2D eigenvalue weighted by atomic mass is 9.95. The van der Waals surface area contributed by atoms with Crippen LogP contribution in [0.2, 0.25) is 0 Å². The van der Waals surface area contributed by atoms with E-state index in [0.717, 1.165) is 5.56 Å². The van der Waals surface area contributed by atoms with E-state index in [1.165, 1.54) is 11.3 Å². The van der Waals surface area contributed by atoms with Gasteiger partial charge >= 0.3 is 5.97 Å². The van der Waals surface area contributed by atoms with Crippen molar-refractivity contribution < 1.29 is 28.5 Å². The standard InChI is InChI=1S/C26H22N2O7S/c1-3-31-25(30)22-14(2)27-26-28(23(22)16-5-7-18-20(12-16)35-13-34-18)24(29)21(36-26)11-15-4-6-17-19(10-15)33-9-8-32-17/h4-7,10-12,23H,3,8-9,13H2,1-2H3/t23-/m1/s1. The third-order valence-corrected chi connectivity index (χ3v) is 7.08. The Bertz CT molecular complexity index is 1600. The second-order valence-corrected chi connectivity index (χ2v) is 9.33. The number of aromatic nitrogens is 1. The van der Waals surface area contributed by atoms with E-state index in [4.69, 9.17) is 23.7 Å². The molecular weight excluding hydrogens is 484 g/mol. The first-order chi connectivity index (χ1) is 17.5. The Labute approximate surface area is 209 Å². The summed E-state index contributed by atoms with van der Waals surface area (Å²) in [6.07, 6.45) is 1.79. The smallest absolute Gasteiger partial charge is 0.338 e. The molecule has 184 valence electrons. The lowest BCUT2D eigenvalue weighted by molar-refractivity contribution is -0.139. The molecule has 1 aromatic heterocycles. The highest BCUT2D eigenvalue weighted by molar-refractivity contribution is 7.07. The van der Waals surface area contributed by atoms with Gasteiger partial charge in [-0.2, -0.15) is 0 Å². The average molecular weight is 507 g/mol. The highest BCUT2D eigenvalue weighted by Crippen LogP contribution is 2.38. The van der Waals surface area contributed by atoms with Crippen LogP contribution in [-0.2, 0) is 9.53 Å². The number of fused-ring (bicyclic) bond motifs is 3. The van der Waals surface area contributed by atoms with Crippen molar-refractivity contribution in [3.63, 3.8) is 0 Å². The Kier molecular flexibility index (Phi) is 5.52. The van der Waals surface area contributed by atoms with Gasteiger partial charge in [0.25, 0.3) is 5.56 Å². The molecule has 9 nitrogen and oxygen atoms in total. The zero-order valence-corrected chi connectivity index (χ0v) is 20.4. The van der Waals surface area contributed by atoms with E-state index in [-0.39, 0.29) is 19.0 Å². The van der Waals surface area contributed by atoms with Crippen LogP contribution in [0, 0.1) is 0 Å². The van der Waals surface area contributed by atoms with Crippen LogP contribution in [0.1, 0.15) is 31.0 Å². The maximum absolute atomic E-state index is 13.8. The Hall–Kier alpha value is -4.05. The molecule has 0 fully saturated rings. The fourth-order valence-corrected chi connectivity index (χ4v) is 5.54. The van der Waals surface area contributed by atoms with Gasteiger partial charge in [0.15, 0.2) is 27.8 Å². The quantitative estimate of drug-likeness (QED) is 0.501. The normalized spacial score (nSPS) is 18.1. The summed E-state index contributed by atoms with van der Waals surface area (Å²) in [6, 6.07) is 10.2. The first-order valence-electron chi connectivity index (χ1n) is 11.5. The van der Waals surface area contributed by atoms with Gasteiger partial charge in [-0.15, -0.1) is 0 Å². The van der Waals surface area contributed by atoms with Gasteiger partial charge in [0.05, 0.1) is 28.5 Å². The van der Waals surface area contributed by atoms with Gasteiger partial charge in [-0.25, -0.2) is 9.79 Å². The highest BCUT2D eigenvalue weighted by atomic mass is 32.1. The summed E-state index contributed by atoms with van der Waals surface area (Å²) in [5.74, 6) is 1.98. The van der Waals surface area contributed by atoms with Crippen LogP contribution in [0.5, 0.6) is 23.0 Å². The van der Waals surface area contributed by atoms with Crippen molar-refractivity contribution in [2.75, 3.05) is 26.6 Å². The summed E-state index contributed by atoms with van der Waals surface area (Å²) in [6.45, 7) is 4.81. The molecule has 0 aliphatic carbocycles. The third kappa shape index (κ3) is 3.74. The molecule has 0 spiro atoms. The molecule has 4 heterocycles. The lowest BCUT2D eigenvalue weighted by Crippen LogP contribution is -2.39. The third-order valence-electron chi connectivity index (χ3n) is 6.09. The van der Waals surface area contributed by atoms with Crippen molar-refractivity contribution in [2.45, 2.75) is 19.9 Å². The number of ether oxygens (including phenoxy) is 5. The van der Waals surface area contributed by atoms with Gasteiger partial charge in [0.2, 0.25) is 6.79 Å². The Morgan fingerprint density at radius 1 is 1.08 bits per heavy atom. The van der Waals surface area contributed by atoms with Gasteiger partial charge < -0.3 is 23.7 Å². The van der Waals surface area contributed by atoms with Crippen LogP contribution in [0.3, 0.4) is 0 Å². The van der Waals surface area contributed by atoms with Crippen molar-refractivity contribution in [3.8, 4) is 23.0 Å². The van der Waals surface area contributed by atoms with Crippen LogP contribution in [0.4, 0.5) is 0 Å². The van der Waals surface area contributed by atoms with Gasteiger partial charge in [-0.05, 0) is 55.3 Å². The van der Waals surface area contributed by atoms with Crippen molar-refractivity contribution in [1.29, 1.82) is 0 Å². The number of esters is 1. The van der Waals surface area contributed by atoms with Crippen molar-refractivity contribution in [3.05, 3.63) is 78.5 Å². The highest BCUT2D eigenvalue weighted by Gasteiger charge is 2.34. The maximum Gasteiger partial charge on any atom is 0.338 e. The van der Waals surface area contributed by atoms with Crippen molar-refractivity contribution in [1.82, 2.24) is 4.57 Å². The molecule has 3 aromatic rings. The van der Waals surface area contributed by atoms with Gasteiger partial charge in [0, 0.05) is 0 Å². The molecular formula is C26H22N2O7S. The summed E-state index contributed by atoms with van der Waals surface area (Å²) in [5.41, 5.74) is 2.05. The molecule has 0 amide bonds. The number of allylic oxidation sites excluding steroid dienone is 1. The zero-order valence-electron chi connectivity index (χ0n) is 19.6. The molecule has 3 aliphatic rings. The fourth-order valence-electron chi connectivity index (χ4n) is 4.49.